The van der Waals surface area contributed by atoms with Crippen LogP contribution in [0.25, 0.3) is 11.3 Å². The van der Waals surface area contributed by atoms with Gasteiger partial charge in [0.2, 0.25) is 0 Å². The fourth-order valence-corrected chi connectivity index (χ4v) is 1.85. The maximum atomic E-state index is 5.73. The van der Waals surface area contributed by atoms with Crippen LogP contribution < -0.4 is 5.73 Å². The van der Waals surface area contributed by atoms with Crippen LogP contribution >= 0.6 is 0 Å². The van der Waals surface area contributed by atoms with Gasteiger partial charge in [0.05, 0.1) is 0 Å². The van der Waals surface area contributed by atoms with E-state index < -0.39 is 0 Å². The number of aryl methyl sites for hydroxylation is 2. The van der Waals surface area contributed by atoms with Crippen molar-refractivity contribution >= 4 is 0 Å². The smallest absolute Gasteiger partial charge is 0.191 e. The molecule has 0 aliphatic rings. The minimum absolute atomic E-state index is 0.519. The first kappa shape index (κ1) is 10.9. The Morgan fingerprint density at radius 2 is 2.06 bits per heavy atom. The zero-order valence-corrected chi connectivity index (χ0v) is 9.66. The van der Waals surface area contributed by atoms with E-state index in [2.05, 4.69) is 11.9 Å². The second kappa shape index (κ2) is 4.49. The van der Waals surface area contributed by atoms with Gasteiger partial charge in [0, 0.05) is 25.5 Å². The quantitative estimate of drug-likeness (QED) is 0.858. The molecule has 1 heterocycles. The monoisotopic (exact) mass is 216 g/mol. The molecule has 0 bridgehead atoms. The standard InChI is InChI=1S/C13H16N2O/c1-3-12-13(15-9(2)16-12)11-7-5-4-6-10(11)8-14/h4-7H,3,8,14H2,1-2H3. The summed E-state index contributed by atoms with van der Waals surface area (Å²) in [6, 6.07) is 8.06. The molecule has 0 aliphatic carbocycles. The fraction of sp³-hybridized carbons (Fsp3) is 0.308. The molecule has 0 aliphatic heterocycles. The highest BCUT2D eigenvalue weighted by Crippen LogP contribution is 2.27. The van der Waals surface area contributed by atoms with E-state index in [1.54, 1.807) is 0 Å². The van der Waals surface area contributed by atoms with Crippen LogP contribution in [0, 0.1) is 6.92 Å². The summed E-state index contributed by atoms with van der Waals surface area (Å²) < 4.78 is 5.57. The van der Waals surface area contributed by atoms with Crippen LogP contribution in [-0.2, 0) is 13.0 Å². The molecule has 0 saturated heterocycles. The fourth-order valence-electron chi connectivity index (χ4n) is 1.85. The highest BCUT2D eigenvalue weighted by Gasteiger charge is 2.13. The maximum absolute atomic E-state index is 5.73. The molecule has 0 fully saturated rings. The van der Waals surface area contributed by atoms with Gasteiger partial charge in [0.15, 0.2) is 5.89 Å². The first-order valence-corrected chi connectivity index (χ1v) is 5.51. The number of hydrogen-bond donors (Lipinski definition) is 1. The van der Waals surface area contributed by atoms with Crippen molar-refractivity contribution in [2.75, 3.05) is 0 Å². The summed E-state index contributed by atoms with van der Waals surface area (Å²) in [6.07, 6.45) is 0.842. The molecule has 0 unspecified atom stereocenters. The molecule has 2 aromatic rings. The molecule has 0 saturated carbocycles. The number of oxazole rings is 1. The van der Waals surface area contributed by atoms with Gasteiger partial charge in [-0.1, -0.05) is 31.2 Å². The Balaban J connectivity index is 2.57. The highest BCUT2D eigenvalue weighted by molar-refractivity contribution is 5.65. The molecule has 0 atom stereocenters. The lowest BCUT2D eigenvalue weighted by atomic mass is 10.0. The van der Waals surface area contributed by atoms with Gasteiger partial charge >= 0.3 is 0 Å². The van der Waals surface area contributed by atoms with Crippen molar-refractivity contribution in [1.82, 2.24) is 4.98 Å². The van der Waals surface area contributed by atoms with Crippen molar-refractivity contribution in [3.8, 4) is 11.3 Å². The molecule has 3 heteroatoms. The molecule has 0 radical (unpaired) electrons. The average Bonchev–Trinajstić information content (AvgIpc) is 2.70. The predicted octanol–water partition coefficient (Wildman–Crippen LogP) is 2.67. The number of aromatic nitrogens is 1. The molecule has 2 N–H and O–H groups in total. The Bertz CT molecular complexity index is 488. The van der Waals surface area contributed by atoms with Crippen LogP contribution in [0.1, 0.15) is 24.1 Å². The van der Waals surface area contributed by atoms with E-state index in [0.717, 1.165) is 29.0 Å². The van der Waals surface area contributed by atoms with Crippen molar-refractivity contribution in [1.29, 1.82) is 0 Å². The van der Waals surface area contributed by atoms with Crippen LogP contribution in [0.2, 0.25) is 0 Å². The van der Waals surface area contributed by atoms with E-state index in [9.17, 15) is 0 Å². The van der Waals surface area contributed by atoms with E-state index in [1.807, 2.05) is 31.2 Å². The van der Waals surface area contributed by atoms with Gasteiger partial charge in [0.1, 0.15) is 11.5 Å². The first-order chi connectivity index (χ1) is 7.76. The third kappa shape index (κ3) is 1.86. The van der Waals surface area contributed by atoms with Crippen molar-refractivity contribution in [3.05, 3.63) is 41.5 Å². The summed E-state index contributed by atoms with van der Waals surface area (Å²) in [5, 5.41) is 0. The maximum Gasteiger partial charge on any atom is 0.191 e. The summed E-state index contributed by atoms with van der Waals surface area (Å²) in [5.74, 6) is 1.64. The van der Waals surface area contributed by atoms with E-state index in [1.165, 1.54) is 0 Å². The topological polar surface area (TPSA) is 52.0 Å². The Hall–Kier alpha value is -1.61. The van der Waals surface area contributed by atoms with Crippen LogP contribution in [0.4, 0.5) is 0 Å². The van der Waals surface area contributed by atoms with Gasteiger partial charge in [-0.15, -0.1) is 0 Å². The van der Waals surface area contributed by atoms with Gasteiger partial charge in [-0.3, -0.25) is 0 Å². The third-order valence-electron chi connectivity index (χ3n) is 2.62. The predicted molar refractivity (Wildman–Crippen MR) is 63.9 cm³/mol. The molecular formula is C13H16N2O. The van der Waals surface area contributed by atoms with Crippen molar-refractivity contribution in [2.45, 2.75) is 26.8 Å². The Morgan fingerprint density at radius 3 is 2.75 bits per heavy atom. The molecule has 2 rings (SSSR count). The minimum Gasteiger partial charge on any atom is -0.445 e. The Labute approximate surface area is 95.3 Å². The zero-order chi connectivity index (χ0) is 11.5. The van der Waals surface area contributed by atoms with E-state index in [4.69, 9.17) is 10.2 Å². The van der Waals surface area contributed by atoms with E-state index in [-0.39, 0.29) is 0 Å². The number of nitrogens with two attached hydrogens (primary N) is 1. The lowest BCUT2D eigenvalue weighted by molar-refractivity contribution is 0.480. The van der Waals surface area contributed by atoms with Gasteiger partial charge in [-0.05, 0) is 5.56 Å². The average molecular weight is 216 g/mol. The van der Waals surface area contributed by atoms with Crippen LogP contribution in [0.5, 0.6) is 0 Å². The van der Waals surface area contributed by atoms with Gasteiger partial charge in [-0.25, -0.2) is 4.98 Å². The van der Waals surface area contributed by atoms with E-state index >= 15 is 0 Å². The lowest BCUT2D eigenvalue weighted by Gasteiger charge is -2.05. The molecule has 84 valence electrons. The lowest BCUT2D eigenvalue weighted by Crippen LogP contribution is -1.99. The number of rotatable bonds is 3. The largest absolute Gasteiger partial charge is 0.445 e. The molecule has 1 aromatic carbocycles. The second-order valence-corrected chi connectivity index (χ2v) is 3.72. The van der Waals surface area contributed by atoms with Gasteiger partial charge in [0.25, 0.3) is 0 Å². The summed E-state index contributed by atoms with van der Waals surface area (Å²) >= 11 is 0. The number of nitrogens with zero attached hydrogens (tertiary/aromatic N) is 1. The molecule has 1 aromatic heterocycles. The first-order valence-electron chi connectivity index (χ1n) is 5.51. The number of benzene rings is 1. The third-order valence-corrected chi connectivity index (χ3v) is 2.62. The van der Waals surface area contributed by atoms with Crippen molar-refractivity contribution in [3.63, 3.8) is 0 Å². The Kier molecular flexibility index (Phi) is 3.06. The molecule has 0 spiro atoms. The minimum atomic E-state index is 0.519. The molecule has 0 amide bonds. The highest BCUT2D eigenvalue weighted by atomic mass is 16.4. The summed E-state index contributed by atoms with van der Waals surface area (Å²) in [5.41, 5.74) is 8.84. The van der Waals surface area contributed by atoms with Gasteiger partial charge in [-0.2, -0.15) is 0 Å². The van der Waals surface area contributed by atoms with Crippen molar-refractivity contribution < 1.29 is 4.42 Å². The molecular weight excluding hydrogens is 200 g/mol. The van der Waals surface area contributed by atoms with Crippen LogP contribution in [0.3, 0.4) is 0 Å². The van der Waals surface area contributed by atoms with Crippen LogP contribution in [0.15, 0.2) is 28.7 Å². The zero-order valence-electron chi connectivity index (χ0n) is 9.66. The van der Waals surface area contributed by atoms with Crippen LogP contribution in [-0.4, -0.2) is 4.98 Å². The SMILES string of the molecule is CCc1oc(C)nc1-c1ccccc1CN. The van der Waals surface area contributed by atoms with E-state index in [0.29, 0.717) is 12.4 Å². The Morgan fingerprint density at radius 1 is 1.31 bits per heavy atom. The second-order valence-electron chi connectivity index (χ2n) is 3.72. The summed E-state index contributed by atoms with van der Waals surface area (Å²) in [6.45, 7) is 4.45. The van der Waals surface area contributed by atoms with Gasteiger partial charge < -0.3 is 10.2 Å². The molecule has 16 heavy (non-hydrogen) atoms. The number of hydrogen-bond acceptors (Lipinski definition) is 3. The summed E-state index contributed by atoms with van der Waals surface area (Å²) in [7, 11) is 0. The normalized spacial score (nSPS) is 10.7. The summed E-state index contributed by atoms with van der Waals surface area (Å²) in [4.78, 5) is 4.44. The molecule has 3 nitrogen and oxygen atoms in total. The van der Waals surface area contributed by atoms with Crippen molar-refractivity contribution in [2.24, 2.45) is 5.73 Å².